The van der Waals surface area contributed by atoms with Crippen LogP contribution in [0.25, 0.3) is 0 Å². The highest BCUT2D eigenvalue weighted by atomic mass is 16.5. The Morgan fingerprint density at radius 2 is 1.92 bits per heavy atom. The lowest BCUT2D eigenvalue weighted by Gasteiger charge is -2.26. The summed E-state index contributed by atoms with van der Waals surface area (Å²) in [7, 11) is 0. The molecule has 1 atom stereocenters. The first-order chi connectivity index (χ1) is 6.22. The third kappa shape index (κ3) is 4.07. The largest absolute Gasteiger partial charge is 0.396 e. The van der Waals surface area contributed by atoms with Gasteiger partial charge in [-0.05, 0) is 25.7 Å². The molecule has 1 rings (SSSR count). The fraction of sp³-hybridized carbons (Fsp3) is 1.00. The minimum atomic E-state index is -0.116. The average Bonchev–Trinajstić information content (AvgIpc) is 2.16. The van der Waals surface area contributed by atoms with Crippen LogP contribution in [-0.4, -0.2) is 35.6 Å². The lowest BCUT2D eigenvalue weighted by atomic mass is 9.95. The van der Waals surface area contributed by atoms with Crippen LogP contribution >= 0.6 is 0 Å². The van der Waals surface area contributed by atoms with E-state index in [-0.39, 0.29) is 18.6 Å². The van der Waals surface area contributed by atoms with Gasteiger partial charge in [-0.15, -0.1) is 0 Å². The van der Waals surface area contributed by atoms with Crippen LogP contribution in [0.4, 0.5) is 0 Å². The van der Waals surface area contributed by atoms with Crippen molar-refractivity contribution < 1.29 is 14.9 Å². The van der Waals surface area contributed by atoms with Gasteiger partial charge in [-0.2, -0.15) is 0 Å². The molecule has 0 radical (unpaired) electrons. The molecule has 3 heteroatoms. The predicted octanol–water partition coefficient (Wildman–Crippen LogP) is 0.935. The van der Waals surface area contributed by atoms with Crippen molar-refractivity contribution >= 4 is 0 Å². The molecular weight excluding hydrogens is 168 g/mol. The number of rotatable bonds is 4. The SMILES string of the molecule is CC(CO)COC1CCC(O)CC1. The van der Waals surface area contributed by atoms with Gasteiger partial charge in [-0.3, -0.25) is 0 Å². The smallest absolute Gasteiger partial charge is 0.0577 e. The number of hydrogen-bond donors (Lipinski definition) is 2. The van der Waals surface area contributed by atoms with E-state index in [9.17, 15) is 5.11 Å². The third-order valence-corrected chi connectivity index (χ3v) is 2.57. The summed E-state index contributed by atoms with van der Waals surface area (Å²) < 4.78 is 5.61. The second-order valence-electron chi connectivity index (χ2n) is 4.05. The Kier molecular flexibility index (Phi) is 4.70. The zero-order chi connectivity index (χ0) is 9.68. The van der Waals surface area contributed by atoms with Crippen molar-refractivity contribution in [2.45, 2.75) is 44.8 Å². The summed E-state index contributed by atoms with van der Waals surface area (Å²) in [5.41, 5.74) is 0. The molecule has 78 valence electrons. The Morgan fingerprint density at radius 1 is 1.31 bits per heavy atom. The highest BCUT2D eigenvalue weighted by Crippen LogP contribution is 2.21. The molecule has 0 saturated heterocycles. The molecule has 1 unspecified atom stereocenters. The molecule has 0 amide bonds. The standard InChI is InChI=1S/C10H20O3/c1-8(6-11)7-13-10-4-2-9(12)3-5-10/h8-12H,2-7H2,1H3. The first kappa shape index (κ1) is 11.0. The highest BCUT2D eigenvalue weighted by Gasteiger charge is 2.19. The van der Waals surface area contributed by atoms with Gasteiger partial charge in [0.05, 0.1) is 18.8 Å². The lowest BCUT2D eigenvalue weighted by Crippen LogP contribution is -2.26. The average molecular weight is 188 g/mol. The summed E-state index contributed by atoms with van der Waals surface area (Å²) >= 11 is 0. The van der Waals surface area contributed by atoms with Gasteiger partial charge in [0.1, 0.15) is 0 Å². The Labute approximate surface area is 79.7 Å². The highest BCUT2D eigenvalue weighted by molar-refractivity contribution is 4.71. The van der Waals surface area contributed by atoms with Gasteiger partial charge in [-0.25, -0.2) is 0 Å². The molecule has 1 fully saturated rings. The van der Waals surface area contributed by atoms with E-state index in [1.165, 1.54) is 0 Å². The van der Waals surface area contributed by atoms with Crippen molar-refractivity contribution in [2.24, 2.45) is 5.92 Å². The lowest BCUT2D eigenvalue weighted by molar-refractivity contribution is -0.0218. The van der Waals surface area contributed by atoms with Crippen molar-refractivity contribution in [3.63, 3.8) is 0 Å². The van der Waals surface area contributed by atoms with Crippen LogP contribution in [0.1, 0.15) is 32.6 Å². The number of aliphatic hydroxyl groups is 2. The number of hydrogen-bond acceptors (Lipinski definition) is 3. The Hall–Kier alpha value is -0.120. The number of aliphatic hydroxyl groups excluding tert-OH is 2. The van der Waals surface area contributed by atoms with Gasteiger partial charge in [0.25, 0.3) is 0 Å². The minimum absolute atomic E-state index is 0.116. The monoisotopic (exact) mass is 188 g/mol. The quantitative estimate of drug-likeness (QED) is 0.690. The molecule has 0 heterocycles. The summed E-state index contributed by atoms with van der Waals surface area (Å²) in [6.45, 7) is 2.80. The molecule has 0 spiro atoms. The molecule has 1 aliphatic rings. The van der Waals surface area contributed by atoms with Crippen LogP contribution in [0.5, 0.6) is 0 Å². The van der Waals surface area contributed by atoms with Crippen molar-refractivity contribution in [3.05, 3.63) is 0 Å². The van der Waals surface area contributed by atoms with E-state index in [2.05, 4.69) is 0 Å². The third-order valence-electron chi connectivity index (χ3n) is 2.57. The van der Waals surface area contributed by atoms with E-state index < -0.39 is 0 Å². The van der Waals surface area contributed by atoms with E-state index in [0.717, 1.165) is 25.7 Å². The van der Waals surface area contributed by atoms with E-state index in [1.54, 1.807) is 0 Å². The maximum Gasteiger partial charge on any atom is 0.0577 e. The molecular formula is C10H20O3. The van der Waals surface area contributed by atoms with Crippen LogP contribution in [-0.2, 0) is 4.74 Å². The Balaban J connectivity index is 2.08. The Bertz CT molecular complexity index is 130. The summed E-state index contributed by atoms with van der Waals surface area (Å²) in [4.78, 5) is 0. The predicted molar refractivity (Wildman–Crippen MR) is 50.5 cm³/mol. The van der Waals surface area contributed by atoms with Crippen molar-refractivity contribution in [1.29, 1.82) is 0 Å². The molecule has 13 heavy (non-hydrogen) atoms. The van der Waals surface area contributed by atoms with E-state index >= 15 is 0 Å². The van der Waals surface area contributed by atoms with Crippen LogP contribution in [0.3, 0.4) is 0 Å². The summed E-state index contributed by atoms with van der Waals surface area (Å²) in [5.74, 6) is 0.229. The van der Waals surface area contributed by atoms with Gasteiger partial charge < -0.3 is 14.9 Å². The van der Waals surface area contributed by atoms with E-state index in [0.29, 0.717) is 12.7 Å². The van der Waals surface area contributed by atoms with Gasteiger partial charge >= 0.3 is 0 Å². The van der Waals surface area contributed by atoms with E-state index in [1.807, 2.05) is 6.92 Å². The van der Waals surface area contributed by atoms with Crippen molar-refractivity contribution in [3.8, 4) is 0 Å². The molecule has 1 saturated carbocycles. The van der Waals surface area contributed by atoms with Crippen molar-refractivity contribution in [2.75, 3.05) is 13.2 Å². The zero-order valence-corrected chi connectivity index (χ0v) is 8.28. The summed E-state index contributed by atoms with van der Waals surface area (Å²) in [5, 5.41) is 18.0. The first-order valence-electron chi connectivity index (χ1n) is 5.13. The van der Waals surface area contributed by atoms with Crippen LogP contribution in [0.15, 0.2) is 0 Å². The van der Waals surface area contributed by atoms with Gasteiger partial charge in [0, 0.05) is 12.5 Å². The van der Waals surface area contributed by atoms with Gasteiger partial charge in [0.15, 0.2) is 0 Å². The summed E-state index contributed by atoms with van der Waals surface area (Å²) in [6, 6.07) is 0. The second kappa shape index (κ2) is 5.58. The molecule has 0 aromatic heterocycles. The van der Waals surface area contributed by atoms with E-state index in [4.69, 9.17) is 9.84 Å². The van der Waals surface area contributed by atoms with Crippen LogP contribution in [0.2, 0.25) is 0 Å². The van der Waals surface area contributed by atoms with Crippen molar-refractivity contribution in [1.82, 2.24) is 0 Å². The second-order valence-corrected chi connectivity index (χ2v) is 4.05. The van der Waals surface area contributed by atoms with Crippen LogP contribution < -0.4 is 0 Å². The topological polar surface area (TPSA) is 49.7 Å². The van der Waals surface area contributed by atoms with Gasteiger partial charge in [-0.1, -0.05) is 6.92 Å². The first-order valence-corrected chi connectivity index (χ1v) is 5.13. The maximum atomic E-state index is 9.25. The fourth-order valence-corrected chi connectivity index (χ4v) is 1.56. The summed E-state index contributed by atoms with van der Waals surface area (Å²) in [6.07, 6.45) is 3.82. The molecule has 0 aromatic carbocycles. The molecule has 0 bridgehead atoms. The molecule has 3 nitrogen and oxygen atoms in total. The zero-order valence-electron chi connectivity index (χ0n) is 8.28. The maximum absolute atomic E-state index is 9.25. The Morgan fingerprint density at radius 3 is 2.46 bits per heavy atom. The molecule has 1 aliphatic carbocycles. The van der Waals surface area contributed by atoms with Crippen LogP contribution in [0, 0.1) is 5.92 Å². The fourth-order valence-electron chi connectivity index (χ4n) is 1.56. The van der Waals surface area contributed by atoms with Gasteiger partial charge in [0.2, 0.25) is 0 Å². The number of ether oxygens (including phenoxy) is 1. The molecule has 0 aliphatic heterocycles. The molecule has 0 aromatic rings. The minimum Gasteiger partial charge on any atom is -0.396 e. The molecule has 2 N–H and O–H groups in total. The normalized spacial score (nSPS) is 31.6.